The average Bonchev–Trinajstić information content (AvgIpc) is 2.19. The van der Waals surface area contributed by atoms with Crippen LogP contribution in [0, 0.1) is 0 Å². The van der Waals surface area contributed by atoms with E-state index in [2.05, 4.69) is 4.98 Å². The van der Waals surface area contributed by atoms with Crippen molar-refractivity contribution in [1.82, 2.24) is 4.98 Å². The van der Waals surface area contributed by atoms with E-state index >= 15 is 0 Å². The molecule has 1 heteroatoms. The molecule has 1 aromatic heterocycles. The standard InChI is InChI=1S/C11H9N/c1-2-6-10(7-3-1)11-8-4-5-9-12-11/h1-9H/i6D,7D. The van der Waals surface area contributed by atoms with Crippen LogP contribution in [-0.4, -0.2) is 4.98 Å². The van der Waals surface area contributed by atoms with E-state index in [4.69, 9.17) is 2.74 Å². The number of pyridine rings is 1. The first-order valence-corrected chi connectivity index (χ1v) is 3.76. The molecule has 0 spiro atoms. The predicted octanol–water partition coefficient (Wildman–Crippen LogP) is 2.75. The van der Waals surface area contributed by atoms with Crippen molar-refractivity contribution in [3.05, 3.63) is 54.7 Å². The molecule has 0 atom stereocenters. The molecular weight excluding hydrogens is 146 g/mol. The van der Waals surface area contributed by atoms with Crippen molar-refractivity contribution in [3.8, 4) is 11.3 Å². The van der Waals surface area contributed by atoms with E-state index in [9.17, 15) is 0 Å². The van der Waals surface area contributed by atoms with E-state index in [0.29, 0.717) is 23.3 Å². The third kappa shape index (κ3) is 1.35. The maximum Gasteiger partial charge on any atom is 0.0701 e. The summed E-state index contributed by atoms with van der Waals surface area (Å²) in [6.45, 7) is 0. The molecule has 0 fully saturated rings. The van der Waals surface area contributed by atoms with Crippen LogP contribution in [-0.2, 0) is 0 Å². The largest absolute Gasteiger partial charge is 0.256 e. The Morgan fingerprint density at radius 3 is 2.50 bits per heavy atom. The third-order valence-corrected chi connectivity index (χ3v) is 1.57. The zero-order valence-electron chi connectivity index (χ0n) is 8.49. The quantitative estimate of drug-likeness (QED) is 0.620. The second kappa shape index (κ2) is 3.18. The van der Waals surface area contributed by atoms with E-state index in [1.807, 2.05) is 18.2 Å². The molecule has 0 aliphatic carbocycles. The van der Waals surface area contributed by atoms with Gasteiger partial charge in [0.15, 0.2) is 0 Å². The molecule has 58 valence electrons. The van der Waals surface area contributed by atoms with Gasteiger partial charge in [-0.25, -0.2) is 0 Å². The first-order valence-electron chi connectivity index (χ1n) is 4.76. The van der Waals surface area contributed by atoms with E-state index < -0.39 is 0 Å². The van der Waals surface area contributed by atoms with Crippen molar-refractivity contribution in [3.63, 3.8) is 0 Å². The highest BCUT2D eigenvalue weighted by Gasteiger charge is 1.93. The number of nitrogens with zero attached hydrogens (tertiary/aromatic N) is 1. The van der Waals surface area contributed by atoms with Gasteiger partial charge in [0.1, 0.15) is 0 Å². The Morgan fingerprint density at radius 1 is 1.00 bits per heavy atom. The monoisotopic (exact) mass is 157 g/mol. The molecule has 0 N–H and O–H groups in total. The molecule has 1 heterocycles. The molecule has 0 amide bonds. The number of hydrogen-bond acceptors (Lipinski definition) is 1. The van der Waals surface area contributed by atoms with Crippen molar-refractivity contribution in [2.75, 3.05) is 0 Å². The lowest BCUT2D eigenvalue weighted by molar-refractivity contribution is 1.33. The van der Waals surface area contributed by atoms with Crippen LogP contribution in [0.4, 0.5) is 0 Å². The van der Waals surface area contributed by atoms with Crippen molar-refractivity contribution >= 4 is 0 Å². The fourth-order valence-electron chi connectivity index (χ4n) is 1.01. The van der Waals surface area contributed by atoms with Crippen molar-refractivity contribution in [1.29, 1.82) is 0 Å². The maximum atomic E-state index is 7.69. The number of hydrogen-bond donors (Lipinski definition) is 0. The fourth-order valence-corrected chi connectivity index (χ4v) is 1.01. The van der Waals surface area contributed by atoms with Gasteiger partial charge in [-0.3, -0.25) is 4.98 Å². The lowest BCUT2D eigenvalue weighted by Crippen LogP contribution is -1.79. The summed E-state index contributed by atoms with van der Waals surface area (Å²) in [5, 5.41) is 0. The van der Waals surface area contributed by atoms with Crippen molar-refractivity contribution in [2.24, 2.45) is 0 Å². The van der Waals surface area contributed by atoms with Gasteiger partial charge < -0.3 is 0 Å². The zero-order valence-corrected chi connectivity index (χ0v) is 6.49. The van der Waals surface area contributed by atoms with Gasteiger partial charge in [-0.2, -0.15) is 0 Å². The van der Waals surface area contributed by atoms with E-state index in [-0.39, 0.29) is 0 Å². The van der Waals surface area contributed by atoms with Gasteiger partial charge in [0, 0.05) is 11.8 Å². The van der Waals surface area contributed by atoms with Crippen LogP contribution >= 0.6 is 0 Å². The van der Waals surface area contributed by atoms with Crippen LogP contribution < -0.4 is 0 Å². The minimum atomic E-state index is 0.344. The fraction of sp³-hybridized carbons (Fsp3) is 0. The molecule has 1 aromatic carbocycles. The summed E-state index contributed by atoms with van der Waals surface area (Å²) in [7, 11) is 0. The molecule has 0 saturated carbocycles. The lowest BCUT2D eigenvalue weighted by atomic mass is 10.1. The summed E-state index contributed by atoms with van der Waals surface area (Å²) in [5.41, 5.74) is 1.27. The van der Waals surface area contributed by atoms with Crippen molar-refractivity contribution < 1.29 is 2.74 Å². The van der Waals surface area contributed by atoms with Gasteiger partial charge >= 0.3 is 0 Å². The minimum absolute atomic E-state index is 0.344. The Balaban J connectivity index is 2.63. The third-order valence-electron chi connectivity index (χ3n) is 1.57. The Labute approximate surface area is 74.5 Å². The molecule has 1 nitrogen and oxygen atoms in total. The Hall–Kier alpha value is -1.63. The van der Waals surface area contributed by atoms with E-state index in [0.717, 1.165) is 0 Å². The van der Waals surface area contributed by atoms with Crippen molar-refractivity contribution in [2.45, 2.75) is 0 Å². The first kappa shape index (κ1) is 5.09. The van der Waals surface area contributed by atoms with Crippen LogP contribution in [0.2, 0.25) is 0 Å². The Morgan fingerprint density at radius 2 is 1.83 bits per heavy atom. The molecular formula is C11H9N. The maximum absolute atomic E-state index is 7.69. The highest BCUT2D eigenvalue weighted by Crippen LogP contribution is 2.14. The molecule has 12 heavy (non-hydrogen) atoms. The number of benzene rings is 1. The molecule has 0 saturated heterocycles. The van der Waals surface area contributed by atoms with Gasteiger partial charge in [-0.05, 0) is 12.1 Å². The second-order valence-corrected chi connectivity index (χ2v) is 2.40. The Bertz CT molecular complexity index is 420. The van der Waals surface area contributed by atoms with Crippen LogP contribution in [0.3, 0.4) is 0 Å². The normalized spacial score (nSPS) is 12.0. The van der Waals surface area contributed by atoms with Gasteiger partial charge in [0.25, 0.3) is 0 Å². The van der Waals surface area contributed by atoms with E-state index in [1.165, 1.54) is 0 Å². The molecule has 0 aliphatic heterocycles. The molecule has 0 aliphatic rings. The first-order chi connectivity index (χ1) is 6.79. The van der Waals surface area contributed by atoms with Crippen LogP contribution in [0.5, 0.6) is 0 Å². The predicted molar refractivity (Wildman–Crippen MR) is 49.7 cm³/mol. The molecule has 2 rings (SSSR count). The van der Waals surface area contributed by atoms with Crippen LogP contribution in [0.25, 0.3) is 11.3 Å². The van der Waals surface area contributed by atoms with Crippen LogP contribution in [0.15, 0.2) is 54.7 Å². The topological polar surface area (TPSA) is 12.9 Å². The molecule has 0 unspecified atom stereocenters. The summed E-state index contributed by atoms with van der Waals surface area (Å²) >= 11 is 0. The summed E-state index contributed by atoms with van der Waals surface area (Å²) in [5.74, 6) is 0. The second-order valence-electron chi connectivity index (χ2n) is 2.40. The number of aromatic nitrogens is 1. The highest BCUT2D eigenvalue weighted by molar-refractivity contribution is 5.58. The zero-order chi connectivity index (χ0) is 9.97. The molecule has 0 radical (unpaired) electrons. The highest BCUT2D eigenvalue weighted by atomic mass is 14.7. The van der Waals surface area contributed by atoms with Gasteiger partial charge in [-0.15, -0.1) is 0 Å². The van der Waals surface area contributed by atoms with Gasteiger partial charge in [0.2, 0.25) is 0 Å². The Kier molecular flexibility index (Phi) is 1.35. The number of rotatable bonds is 1. The smallest absolute Gasteiger partial charge is 0.0701 e. The summed E-state index contributed by atoms with van der Waals surface area (Å²) in [6, 6.07) is 11.2. The summed E-state index contributed by atoms with van der Waals surface area (Å²) in [4.78, 5) is 4.13. The van der Waals surface area contributed by atoms with E-state index in [1.54, 1.807) is 24.4 Å². The summed E-state index contributed by atoms with van der Waals surface area (Å²) < 4.78 is 15.4. The lowest BCUT2D eigenvalue weighted by Gasteiger charge is -1.97. The molecule has 2 aromatic rings. The van der Waals surface area contributed by atoms with Gasteiger partial charge in [0.05, 0.1) is 8.44 Å². The molecule has 0 bridgehead atoms. The summed E-state index contributed by atoms with van der Waals surface area (Å²) in [6.07, 6.45) is 1.67. The SMILES string of the molecule is [2H]c1cccc([2H])c1-c1ccccn1. The van der Waals surface area contributed by atoms with Gasteiger partial charge in [-0.1, -0.05) is 36.4 Å². The minimum Gasteiger partial charge on any atom is -0.256 e. The average molecular weight is 157 g/mol. The van der Waals surface area contributed by atoms with Crippen LogP contribution in [0.1, 0.15) is 2.74 Å².